The largest absolute Gasteiger partial charge is 0.378 e. The summed E-state index contributed by atoms with van der Waals surface area (Å²) < 4.78 is 5.54. The first kappa shape index (κ1) is 12.3. The van der Waals surface area contributed by atoms with E-state index in [1.54, 1.807) is 7.11 Å². The molecule has 17 heavy (non-hydrogen) atoms. The van der Waals surface area contributed by atoms with Crippen molar-refractivity contribution in [2.24, 2.45) is 5.92 Å². The van der Waals surface area contributed by atoms with Gasteiger partial charge in [-0.3, -0.25) is 4.79 Å². The Balaban J connectivity index is 2.25. The van der Waals surface area contributed by atoms with Crippen LogP contribution in [0, 0.1) is 5.92 Å². The minimum atomic E-state index is 0.00730. The van der Waals surface area contributed by atoms with Crippen LogP contribution in [-0.2, 0) is 11.2 Å². The molecular weight excluding hydrogens is 212 g/mol. The number of carbonyl (C=O) groups is 1. The van der Waals surface area contributed by atoms with Crippen LogP contribution in [0.3, 0.4) is 0 Å². The standard InChI is InChI=1S/C15H20O2/c1-11(2)14(16)13-7-5-4-6-12(13)10-15(17-3)8-9-15/h4-7,11H,8-10H2,1-3H3. The van der Waals surface area contributed by atoms with E-state index < -0.39 is 0 Å². The second kappa shape index (κ2) is 4.61. The van der Waals surface area contributed by atoms with Gasteiger partial charge in [0.1, 0.15) is 0 Å². The Labute approximate surface area is 103 Å². The topological polar surface area (TPSA) is 26.3 Å². The van der Waals surface area contributed by atoms with E-state index >= 15 is 0 Å². The lowest BCUT2D eigenvalue weighted by Gasteiger charge is -2.16. The first-order valence-corrected chi connectivity index (χ1v) is 6.25. The van der Waals surface area contributed by atoms with Gasteiger partial charge in [-0.15, -0.1) is 0 Å². The van der Waals surface area contributed by atoms with Crippen molar-refractivity contribution in [2.75, 3.05) is 7.11 Å². The lowest BCUT2D eigenvalue weighted by atomic mass is 9.93. The average Bonchev–Trinajstić information content (AvgIpc) is 3.09. The van der Waals surface area contributed by atoms with E-state index in [0.29, 0.717) is 0 Å². The third-order valence-electron chi connectivity index (χ3n) is 3.56. The van der Waals surface area contributed by atoms with Gasteiger partial charge in [-0.2, -0.15) is 0 Å². The number of ketones is 1. The molecule has 1 aliphatic rings. The third kappa shape index (κ3) is 2.58. The zero-order chi connectivity index (χ0) is 12.5. The van der Waals surface area contributed by atoms with Crippen molar-refractivity contribution in [2.45, 2.75) is 38.7 Å². The van der Waals surface area contributed by atoms with E-state index in [2.05, 4.69) is 6.07 Å². The smallest absolute Gasteiger partial charge is 0.165 e. The van der Waals surface area contributed by atoms with E-state index in [1.807, 2.05) is 32.0 Å². The number of hydrogen-bond acceptors (Lipinski definition) is 2. The summed E-state index contributed by atoms with van der Waals surface area (Å²) in [6.07, 6.45) is 3.07. The van der Waals surface area contributed by atoms with E-state index in [9.17, 15) is 4.79 Å². The maximum Gasteiger partial charge on any atom is 0.165 e. The summed E-state index contributed by atoms with van der Waals surface area (Å²) in [7, 11) is 1.76. The normalized spacial score (nSPS) is 17.2. The van der Waals surface area contributed by atoms with Crippen molar-refractivity contribution in [1.82, 2.24) is 0 Å². The second-order valence-corrected chi connectivity index (χ2v) is 5.24. The minimum absolute atomic E-state index is 0.00730. The maximum absolute atomic E-state index is 12.1. The summed E-state index contributed by atoms with van der Waals surface area (Å²) in [5.74, 6) is 0.279. The predicted molar refractivity (Wildman–Crippen MR) is 68.3 cm³/mol. The first-order valence-electron chi connectivity index (χ1n) is 6.25. The van der Waals surface area contributed by atoms with Gasteiger partial charge in [0.25, 0.3) is 0 Å². The zero-order valence-corrected chi connectivity index (χ0v) is 10.8. The van der Waals surface area contributed by atoms with E-state index in [-0.39, 0.29) is 17.3 Å². The van der Waals surface area contributed by atoms with Crippen LogP contribution < -0.4 is 0 Å². The average molecular weight is 232 g/mol. The first-order chi connectivity index (χ1) is 8.08. The van der Waals surface area contributed by atoms with Gasteiger partial charge in [0.2, 0.25) is 0 Å². The van der Waals surface area contributed by atoms with E-state index in [1.165, 1.54) is 0 Å². The quantitative estimate of drug-likeness (QED) is 0.728. The van der Waals surface area contributed by atoms with Gasteiger partial charge in [0.15, 0.2) is 5.78 Å². The highest BCUT2D eigenvalue weighted by molar-refractivity contribution is 5.98. The minimum Gasteiger partial charge on any atom is -0.378 e. The van der Waals surface area contributed by atoms with Gasteiger partial charge < -0.3 is 4.74 Å². The molecule has 1 aliphatic carbocycles. The molecule has 0 N–H and O–H groups in total. The van der Waals surface area contributed by atoms with Crippen LogP contribution in [-0.4, -0.2) is 18.5 Å². The molecule has 0 aromatic heterocycles. The summed E-state index contributed by atoms with van der Waals surface area (Å²) >= 11 is 0. The van der Waals surface area contributed by atoms with Crippen LogP contribution >= 0.6 is 0 Å². The number of benzene rings is 1. The molecule has 0 bridgehead atoms. The molecule has 0 radical (unpaired) electrons. The molecule has 0 saturated heterocycles. The lowest BCUT2D eigenvalue weighted by molar-refractivity contribution is 0.0800. The summed E-state index contributed by atoms with van der Waals surface area (Å²) in [6.45, 7) is 3.89. The molecule has 0 unspecified atom stereocenters. The van der Waals surface area contributed by atoms with Crippen molar-refractivity contribution in [3.05, 3.63) is 35.4 Å². The number of ether oxygens (including phenoxy) is 1. The van der Waals surface area contributed by atoms with Crippen LogP contribution in [0.1, 0.15) is 42.6 Å². The Morgan fingerprint density at radius 1 is 1.35 bits per heavy atom. The van der Waals surface area contributed by atoms with Crippen LogP contribution in [0.4, 0.5) is 0 Å². The molecule has 1 aromatic rings. The highest BCUT2D eigenvalue weighted by Crippen LogP contribution is 2.42. The molecule has 1 fully saturated rings. The highest BCUT2D eigenvalue weighted by Gasteiger charge is 2.43. The summed E-state index contributed by atoms with van der Waals surface area (Å²) in [4.78, 5) is 12.1. The fourth-order valence-electron chi connectivity index (χ4n) is 2.17. The molecule has 2 nitrogen and oxygen atoms in total. The van der Waals surface area contributed by atoms with Gasteiger partial charge in [-0.05, 0) is 18.4 Å². The monoisotopic (exact) mass is 232 g/mol. The molecule has 2 heteroatoms. The Kier molecular flexibility index (Phi) is 3.34. The van der Waals surface area contributed by atoms with Gasteiger partial charge >= 0.3 is 0 Å². The van der Waals surface area contributed by atoms with Crippen molar-refractivity contribution >= 4 is 5.78 Å². The molecule has 2 rings (SSSR count). The number of carbonyl (C=O) groups excluding carboxylic acids is 1. The SMILES string of the molecule is COC1(Cc2ccccc2C(=O)C(C)C)CC1. The maximum atomic E-state index is 12.1. The fraction of sp³-hybridized carbons (Fsp3) is 0.533. The van der Waals surface area contributed by atoms with Crippen molar-refractivity contribution in [3.63, 3.8) is 0 Å². The fourth-order valence-corrected chi connectivity index (χ4v) is 2.17. The Bertz CT molecular complexity index is 417. The van der Waals surface area contributed by atoms with Crippen molar-refractivity contribution in [3.8, 4) is 0 Å². The second-order valence-electron chi connectivity index (χ2n) is 5.24. The molecule has 0 atom stereocenters. The van der Waals surface area contributed by atoms with Gasteiger partial charge in [-0.25, -0.2) is 0 Å². The summed E-state index contributed by atoms with van der Waals surface area (Å²) in [5.41, 5.74) is 2.00. The van der Waals surface area contributed by atoms with Crippen LogP contribution in [0.2, 0.25) is 0 Å². The summed E-state index contributed by atoms with van der Waals surface area (Å²) in [5, 5.41) is 0. The van der Waals surface area contributed by atoms with Gasteiger partial charge in [0, 0.05) is 25.0 Å². The van der Waals surface area contributed by atoms with Crippen molar-refractivity contribution < 1.29 is 9.53 Å². The van der Waals surface area contributed by atoms with Crippen LogP contribution in [0.25, 0.3) is 0 Å². The number of Topliss-reactive ketones (excluding diaryl/α,β-unsaturated/α-hetero) is 1. The molecule has 0 aliphatic heterocycles. The molecule has 0 heterocycles. The molecule has 1 saturated carbocycles. The molecule has 0 spiro atoms. The molecule has 92 valence electrons. The van der Waals surface area contributed by atoms with Crippen molar-refractivity contribution in [1.29, 1.82) is 0 Å². The van der Waals surface area contributed by atoms with Crippen LogP contribution in [0.15, 0.2) is 24.3 Å². The number of methoxy groups -OCH3 is 1. The Morgan fingerprint density at radius 2 is 2.00 bits per heavy atom. The lowest BCUT2D eigenvalue weighted by Crippen LogP contribution is -2.18. The molecule has 1 aromatic carbocycles. The Hall–Kier alpha value is -1.15. The predicted octanol–water partition coefficient (Wildman–Crippen LogP) is 3.25. The molecular formula is C15H20O2. The van der Waals surface area contributed by atoms with E-state index in [0.717, 1.165) is 30.4 Å². The number of hydrogen-bond donors (Lipinski definition) is 0. The molecule has 0 amide bonds. The third-order valence-corrected chi connectivity index (χ3v) is 3.56. The van der Waals surface area contributed by atoms with E-state index in [4.69, 9.17) is 4.74 Å². The highest BCUT2D eigenvalue weighted by atomic mass is 16.5. The summed E-state index contributed by atoms with van der Waals surface area (Å²) in [6, 6.07) is 7.92. The van der Waals surface area contributed by atoms with Crippen LogP contribution in [0.5, 0.6) is 0 Å². The van der Waals surface area contributed by atoms with Gasteiger partial charge in [-0.1, -0.05) is 38.1 Å². The van der Waals surface area contributed by atoms with Gasteiger partial charge in [0.05, 0.1) is 5.60 Å². The zero-order valence-electron chi connectivity index (χ0n) is 10.8. The number of rotatable bonds is 5. The Morgan fingerprint density at radius 3 is 2.53 bits per heavy atom.